The predicted molar refractivity (Wildman–Crippen MR) is 155 cm³/mol. The highest BCUT2D eigenvalue weighted by atomic mass is 32.2. The van der Waals surface area contributed by atoms with E-state index in [0.29, 0.717) is 41.5 Å². The van der Waals surface area contributed by atoms with E-state index in [1.165, 1.54) is 36.2 Å². The van der Waals surface area contributed by atoms with Crippen LogP contribution in [0.1, 0.15) is 71.5 Å². The Balaban J connectivity index is 1.88. The Hall–Kier alpha value is -2.51. The third kappa shape index (κ3) is 7.99. The molecule has 0 aliphatic heterocycles. The van der Waals surface area contributed by atoms with Gasteiger partial charge in [0.05, 0.1) is 18.6 Å². The van der Waals surface area contributed by atoms with Crippen molar-refractivity contribution in [2.75, 3.05) is 36.8 Å². The SMILES string of the molecule is CCCCc1oc2ccccc2c1N(c1ccccc1OCCCN(CCCC)CCCC)S(C)(=O)=O. The van der Waals surface area contributed by atoms with Gasteiger partial charge in [-0.15, -0.1) is 0 Å². The van der Waals surface area contributed by atoms with E-state index in [2.05, 4.69) is 25.7 Å². The Morgan fingerprint density at radius 3 is 2.11 bits per heavy atom. The Labute approximate surface area is 223 Å². The van der Waals surface area contributed by atoms with Gasteiger partial charge in [-0.05, 0) is 63.0 Å². The minimum atomic E-state index is -3.68. The van der Waals surface area contributed by atoms with Crippen LogP contribution in [0.5, 0.6) is 5.75 Å². The molecule has 1 heterocycles. The fourth-order valence-electron chi connectivity index (χ4n) is 4.59. The molecular formula is C30H44N2O4S. The van der Waals surface area contributed by atoms with Crippen LogP contribution in [0.15, 0.2) is 52.9 Å². The van der Waals surface area contributed by atoms with Gasteiger partial charge in [0.2, 0.25) is 10.0 Å². The first-order valence-corrected chi connectivity index (χ1v) is 15.7. The van der Waals surface area contributed by atoms with Gasteiger partial charge in [0.15, 0.2) is 0 Å². The second-order valence-corrected chi connectivity index (χ2v) is 11.6. The molecule has 0 N–H and O–H groups in total. The summed E-state index contributed by atoms with van der Waals surface area (Å²) < 4.78 is 40.4. The molecule has 0 radical (unpaired) electrons. The molecule has 0 amide bonds. The van der Waals surface area contributed by atoms with E-state index in [9.17, 15) is 8.42 Å². The molecule has 0 bridgehead atoms. The van der Waals surface area contributed by atoms with E-state index in [-0.39, 0.29) is 0 Å². The van der Waals surface area contributed by atoms with Crippen molar-refractivity contribution in [3.05, 3.63) is 54.3 Å². The molecule has 6 nitrogen and oxygen atoms in total. The number of aryl methyl sites for hydroxylation is 1. The van der Waals surface area contributed by atoms with Crippen molar-refractivity contribution in [1.29, 1.82) is 0 Å². The van der Waals surface area contributed by atoms with Gasteiger partial charge >= 0.3 is 0 Å². The minimum absolute atomic E-state index is 0.517. The largest absolute Gasteiger partial charge is 0.491 e. The number of anilines is 2. The maximum atomic E-state index is 13.3. The van der Waals surface area contributed by atoms with Crippen LogP contribution in [-0.4, -0.2) is 45.8 Å². The van der Waals surface area contributed by atoms with E-state index in [0.717, 1.165) is 44.3 Å². The van der Waals surface area contributed by atoms with Gasteiger partial charge in [-0.1, -0.05) is 64.3 Å². The summed E-state index contributed by atoms with van der Waals surface area (Å²) in [4.78, 5) is 2.52. The topological polar surface area (TPSA) is 63.0 Å². The number of hydrogen-bond donors (Lipinski definition) is 0. The van der Waals surface area contributed by atoms with Gasteiger partial charge in [0, 0.05) is 18.4 Å². The zero-order valence-corrected chi connectivity index (χ0v) is 23.9. The number of hydrogen-bond acceptors (Lipinski definition) is 5. The van der Waals surface area contributed by atoms with Gasteiger partial charge in [-0.25, -0.2) is 12.7 Å². The lowest BCUT2D eigenvalue weighted by Crippen LogP contribution is -2.28. The van der Waals surface area contributed by atoms with Crippen molar-refractivity contribution in [3.8, 4) is 5.75 Å². The van der Waals surface area contributed by atoms with Crippen LogP contribution in [0.4, 0.5) is 11.4 Å². The number of ether oxygens (including phenoxy) is 1. The summed E-state index contributed by atoms with van der Waals surface area (Å²) in [6.07, 6.45) is 9.49. The first-order chi connectivity index (χ1) is 17.9. The van der Waals surface area contributed by atoms with Crippen LogP contribution >= 0.6 is 0 Å². The van der Waals surface area contributed by atoms with Crippen molar-refractivity contribution >= 4 is 32.4 Å². The van der Waals surface area contributed by atoms with Crippen LogP contribution in [0.2, 0.25) is 0 Å². The van der Waals surface area contributed by atoms with E-state index in [4.69, 9.17) is 9.15 Å². The highest BCUT2D eigenvalue weighted by Crippen LogP contribution is 2.43. The maximum Gasteiger partial charge on any atom is 0.236 e. The molecule has 37 heavy (non-hydrogen) atoms. The lowest BCUT2D eigenvalue weighted by molar-refractivity contribution is 0.229. The smallest absolute Gasteiger partial charge is 0.236 e. The zero-order valence-electron chi connectivity index (χ0n) is 23.0. The van der Waals surface area contributed by atoms with Gasteiger partial charge in [-0.3, -0.25) is 0 Å². The number of furan rings is 1. The number of unbranched alkanes of at least 4 members (excludes halogenated alkanes) is 3. The molecule has 0 saturated heterocycles. The van der Waals surface area contributed by atoms with Crippen LogP contribution in [0.3, 0.4) is 0 Å². The maximum absolute atomic E-state index is 13.3. The number of sulfonamides is 1. The van der Waals surface area contributed by atoms with Gasteiger partial charge in [-0.2, -0.15) is 0 Å². The summed E-state index contributed by atoms with van der Waals surface area (Å²) in [7, 11) is -3.68. The lowest BCUT2D eigenvalue weighted by Gasteiger charge is -2.25. The lowest BCUT2D eigenvalue weighted by atomic mass is 10.1. The van der Waals surface area contributed by atoms with E-state index in [1.54, 1.807) is 0 Å². The van der Waals surface area contributed by atoms with Crippen molar-refractivity contribution in [2.45, 2.75) is 72.1 Å². The van der Waals surface area contributed by atoms with Gasteiger partial charge in [0.25, 0.3) is 0 Å². The molecule has 3 rings (SSSR count). The van der Waals surface area contributed by atoms with Crippen LogP contribution in [-0.2, 0) is 16.4 Å². The summed E-state index contributed by atoms with van der Waals surface area (Å²) in [5, 5.41) is 0.788. The molecule has 0 aliphatic carbocycles. The second kappa shape index (κ2) is 14.4. The van der Waals surface area contributed by atoms with Crippen LogP contribution in [0, 0.1) is 0 Å². The molecule has 0 fully saturated rings. The first-order valence-electron chi connectivity index (χ1n) is 13.9. The highest BCUT2D eigenvalue weighted by Gasteiger charge is 2.30. The number of rotatable bonds is 17. The quantitative estimate of drug-likeness (QED) is 0.169. The third-order valence-corrected chi connectivity index (χ3v) is 7.59. The van der Waals surface area contributed by atoms with E-state index in [1.807, 2.05) is 48.5 Å². The monoisotopic (exact) mass is 528 g/mol. The standard InChI is InChI=1S/C30H44N2O4S/c1-5-8-18-29-30(25-16-11-13-19-27(25)36-29)32(37(4,33)34)26-17-12-14-20-28(26)35-24-15-23-31(21-9-6-2)22-10-7-3/h11-14,16-17,19-20H,5-10,15,18,21-24H2,1-4H3. The fraction of sp³-hybridized carbons (Fsp3) is 0.533. The average molecular weight is 529 g/mol. The predicted octanol–water partition coefficient (Wildman–Crippen LogP) is 7.54. The van der Waals surface area contributed by atoms with Gasteiger partial charge < -0.3 is 14.1 Å². The van der Waals surface area contributed by atoms with E-state index >= 15 is 0 Å². The number of para-hydroxylation sites is 3. The van der Waals surface area contributed by atoms with Crippen molar-refractivity contribution in [2.24, 2.45) is 0 Å². The van der Waals surface area contributed by atoms with Gasteiger partial charge in [0.1, 0.15) is 22.8 Å². The van der Waals surface area contributed by atoms with Crippen molar-refractivity contribution in [1.82, 2.24) is 4.90 Å². The molecule has 2 aromatic carbocycles. The molecule has 1 aromatic heterocycles. The summed E-state index contributed by atoms with van der Waals surface area (Å²) in [6.45, 7) is 10.3. The molecule has 204 valence electrons. The molecule has 0 unspecified atom stereocenters. The normalized spacial score (nSPS) is 11.9. The van der Waals surface area contributed by atoms with E-state index < -0.39 is 10.0 Å². The zero-order chi connectivity index (χ0) is 26.7. The fourth-order valence-corrected chi connectivity index (χ4v) is 5.63. The van der Waals surface area contributed by atoms with Crippen LogP contribution < -0.4 is 9.04 Å². The molecule has 0 atom stereocenters. The molecule has 3 aromatic rings. The summed E-state index contributed by atoms with van der Waals surface area (Å²) >= 11 is 0. The Kier molecular flexibility index (Phi) is 11.3. The molecule has 0 aliphatic rings. The summed E-state index contributed by atoms with van der Waals surface area (Å²) in [6, 6.07) is 15.0. The molecule has 0 saturated carbocycles. The highest BCUT2D eigenvalue weighted by molar-refractivity contribution is 7.92. The first kappa shape index (κ1) is 29.1. The Bertz CT molecular complexity index is 1200. The van der Waals surface area contributed by atoms with Crippen molar-refractivity contribution < 1.29 is 17.6 Å². The Morgan fingerprint density at radius 1 is 0.811 bits per heavy atom. The Morgan fingerprint density at radius 2 is 1.43 bits per heavy atom. The molecular weight excluding hydrogens is 484 g/mol. The van der Waals surface area contributed by atoms with Crippen LogP contribution in [0.25, 0.3) is 11.0 Å². The molecule has 0 spiro atoms. The molecule has 7 heteroatoms. The van der Waals surface area contributed by atoms with Crippen molar-refractivity contribution in [3.63, 3.8) is 0 Å². The minimum Gasteiger partial charge on any atom is -0.491 e. The third-order valence-electron chi connectivity index (χ3n) is 6.55. The number of benzene rings is 2. The average Bonchev–Trinajstić information content (AvgIpc) is 3.24. The summed E-state index contributed by atoms with van der Waals surface area (Å²) in [5.41, 5.74) is 1.80. The summed E-state index contributed by atoms with van der Waals surface area (Å²) in [5.74, 6) is 1.25. The number of nitrogens with zero attached hydrogens (tertiary/aromatic N) is 2. The second-order valence-electron chi connectivity index (χ2n) is 9.72. The number of fused-ring (bicyclic) bond motifs is 1.